The van der Waals surface area contributed by atoms with Crippen LogP contribution < -0.4 is 5.73 Å². The first-order chi connectivity index (χ1) is 13.1. The first-order valence-electron chi connectivity index (χ1n) is 7.28. The van der Waals surface area contributed by atoms with Crippen LogP contribution in [-0.2, 0) is 13.1 Å². The van der Waals surface area contributed by atoms with Crippen molar-refractivity contribution >= 4 is 37.6 Å². The molecule has 4 aromatic heterocycles. The molecule has 7 nitrogen and oxygen atoms in total. The van der Waals surface area contributed by atoms with Gasteiger partial charge in [-0.15, -0.1) is 0 Å². The van der Waals surface area contributed by atoms with Gasteiger partial charge in [-0.25, -0.2) is 9.36 Å². The molecule has 0 fully saturated rings. The molecule has 0 atom stereocenters. The molecule has 0 aromatic carbocycles. The third-order valence-corrected chi connectivity index (χ3v) is 3.19. The van der Waals surface area contributed by atoms with Gasteiger partial charge in [0.2, 0.25) is 0 Å². The zero-order valence-corrected chi connectivity index (χ0v) is 16.8. The number of pyridine rings is 2. The molecule has 0 amide bonds. The Labute approximate surface area is 175 Å². The first kappa shape index (κ1) is 21.2. The van der Waals surface area contributed by atoms with Crippen LogP contribution in [0.5, 0.6) is 0 Å². The molecule has 4 aromatic rings. The van der Waals surface area contributed by atoms with Crippen molar-refractivity contribution in [1.29, 1.82) is 0 Å². The van der Waals surface area contributed by atoms with E-state index in [0.29, 0.717) is 11.0 Å². The summed E-state index contributed by atoms with van der Waals surface area (Å²) in [4.78, 5) is 7.94. The van der Waals surface area contributed by atoms with Crippen LogP contribution in [0.3, 0.4) is 0 Å². The van der Waals surface area contributed by atoms with Crippen molar-refractivity contribution in [2.24, 2.45) is 0 Å². The molecule has 2 N–H and O–H groups in total. The van der Waals surface area contributed by atoms with Crippen LogP contribution in [0.1, 0.15) is 0 Å². The second-order valence-corrected chi connectivity index (χ2v) is 6.68. The molecule has 0 saturated carbocycles. The maximum absolute atomic E-state index is 5.66. The zero-order chi connectivity index (χ0) is 19.5. The summed E-state index contributed by atoms with van der Waals surface area (Å²) >= 11 is 6.41. The first-order valence-corrected chi connectivity index (χ1v) is 10.3. The van der Waals surface area contributed by atoms with E-state index in [-0.39, 0.29) is 0 Å². The zero-order valence-electron chi connectivity index (χ0n) is 13.6. The topological polar surface area (TPSA) is 87.4 Å². The molecule has 0 aliphatic heterocycles. The number of hydrogen-bond donors (Lipinski definition) is 1. The van der Waals surface area contributed by atoms with Crippen LogP contribution in [0, 0.1) is 0 Å². The van der Waals surface area contributed by atoms with Crippen molar-refractivity contribution in [3.05, 3.63) is 78.7 Å². The third kappa shape index (κ3) is 7.21. The molecule has 0 aliphatic rings. The van der Waals surface area contributed by atoms with Gasteiger partial charge in [-0.1, -0.05) is 11.6 Å². The van der Waals surface area contributed by atoms with Crippen molar-refractivity contribution in [1.82, 2.24) is 29.5 Å². The molecular weight excluding hydrogens is 460 g/mol. The molecule has 11 heteroatoms. The Morgan fingerprint density at radius 1 is 0.815 bits per heavy atom. The predicted octanol–water partition coefficient (Wildman–Crippen LogP) is 4.15. The summed E-state index contributed by atoms with van der Waals surface area (Å²) in [5.74, 6) is 0.513. The second-order valence-electron chi connectivity index (χ2n) is 4.73. The van der Waals surface area contributed by atoms with E-state index in [1.807, 2.05) is 24.3 Å². The molecule has 27 heavy (non-hydrogen) atoms. The van der Waals surface area contributed by atoms with E-state index in [1.165, 1.54) is 0 Å². The number of halogens is 3. The number of nitrogen functional groups attached to an aromatic ring is 1. The summed E-state index contributed by atoms with van der Waals surface area (Å²) < 4.78 is 3.36. The second kappa shape index (κ2) is 11.6. The average Bonchev–Trinajstić information content (AvgIpc) is 3.33. The van der Waals surface area contributed by atoms with Crippen LogP contribution in [0.25, 0.3) is 11.4 Å². The quantitative estimate of drug-likeness (QED) is 0.442. The summed E-state index contributed by atoms with van der Waals surface area (Å²) in [6.07, 6.45) is 10.5. The van der Waals surface area contributed by atoms with Crippen molar-refractivity contribution in [2.75, 3.05) is 5.73 Å². The van der Waals surface area contributed by atoms with Gasteiger partial charge in [-0.05, 0) is 30.3 Å². The normalized spacial score (nSPS) is 9.74. The summed E-state index contributed by atoms with van der Waals surface area (Å²) in [6, 6.07) is 11.0. The van der Waals surface area contributed by atoms with E-state index in [2.05, 4.69) is 40.4 Å². The Morgan fingerprint density at radius 2 is 1.33 bits per heavy atom. The monoisotopic (exact) mass is 472 g/mol. The molecule has 0 unspecified atom stereocenters. The molecule has 4 rings (SSSR count). The summed E-state index contributed by atoms with van der Waals surface area (Å²) in [5.41, 5.74) is 7.28. The number of anilines is 1. The van der Waals surface area contributed by atoms with E-state index < -0.39 is 0 Å². The molecule has 0 radical (unpaired) electrons. The number of hydrogen-bond acceptors (Lipinski definition) is 5. The summed E-state index contributed by atoms with van der Waals surface area (Å²) in [7, 11) is 9.34. The van der Waals surface area contributed by atoms with Crippen LogP contribution >= 0.6 is 31.8 Å². The van der Waals surface area contributed by atoms with Crippen molar-refractivity contribution < 1.29 is 13.1 Å². The van der Waals surface area contributed by atoms with Crippen molar-refractivity contribution in [3.8, 4) is 11.4 Å². The summed E-state index contributed by atoms with van der Waals surface area (Å²) in [6.45, 7) is 0. The standard InChI is InChI=1S/C8H6ClN3.C8H8N4.2ClH.Cu/c2*9-8-3-5-12(11-8)7-2-1-4-10-6-7;;;/h1-6H;1-6H,(H2,9,11);2*1H;/q;;;;+2/p-2. The van der Waals surface area contributed by atoms with Gasteiger partial charge in [0.25, 0.3) is 0 Å². The number of nitrogens with two attached hydrogens (primary N) is 1. The van der Waals surface area contributed by atoms with Gasteiger partial charge in [0, 0.05) is 30.9 Å². The van der Waals surface area contributed by atoms with E-state index >= 15 is 0 Å². The van der Waals surface area contributed by atoms with Crippen LogP contribution in [-0.4, -0.2) is 29.5 Å². The maximum atomic E-state index is 5.66. The predicted molar refractivity (Wildman–Crippen MR) is 104 cm³/mol. The Morgan fingerprint density at radius 3 is 1.70 bits per heavy atom. The summed E-state index contributed by atoms with van der Waals surface area (Å²) in [5, 5.41) is 8.54. The Hall–Kier alpha value is -2.09. The van der Waals surface area contributed by atoms with Gasteiger partial charge in [0.15, 0.2) is 5.15 Å². The van der Waals surface area contributed by atoms with Gasteiger partial charge in [-0.3, -0.25) is 9.97 Å². The van der Waals surface area contributed by atoms with Crippen LogP contribution in [0.4, 0.5) is 5.82 Å². The van der Waals surface area contributed by atoms with Gasteiger partial charge in [0.05, 0.1) is 23.8 Å². The van der Waals surface area contributed by atoms with Crippen LogP contribution in [0.2, 0.25) is 5.15 Å². The molecule has 0 saturated heterocycles. The SMILES string of the molecule is Clc1ccn(-c2cccnc2)n1.Nc1ccn(-c2cccnc2)n1.[Cl][Cu][Cl]. The van der Waals surface area contributed by atoms with E-state index in [1.54, 1.807) is 58.7 Å². The van der Waals surface area contributed by atoms with Crippen molar-refractivity contribution in [2.45, 2.75) is 0 Å². The van der Waals surface area contributed by atoms with Gasteiger partial charge < -0.3 is 5.73 Å². The minimum absolute atomic E-state index is 0.485. The molecule has 0 bridgehead atoms. The van der Waals surface area contributed by atoms with Gasteiger partial charge in [-0.2, -0.15) is 10.2 Å². The fourth-order valence-corrected chi connectivity index (χ4v) is 2.04. The molecule has 145 valence electrons. The average molecular weight is 474 g/mol. The minimum atomic E-state index is 0.485. The third-order valence-electron chi connectivity index (χ3n) is 2.99. The van der Waals surface area contributed by atoms with Gasteiger partial charge in [0.1, 0.15) is 5.82 Å². The van der Waals surface area contributed by atoms with E-state index in [4.69, 9.17) is 17.3 Å². The Kier molecular flexibility index (Phi) is 9.10. The van der Waals surface area contributed by atoms with E-state index in [0.717, 1.165) is 24.5 Å². The number of nitrogens with zero attached hydrogens (tertiary/aromatic N) is 6. The molecule has 4 heterocycles. The molecule has 0 spiro atoms. The fraction of sp³-hybridized carbons (Fsp3) is 0. The number of rotatable bonds is 2. The van der Waals surface area contributed by atoms with Crippen LogP contribution in [0.15, 0.2) is 73.6 Å². The fourth-order valence-electron chi connectivity index (χ4n) is 1.91. The van der Waals surface area contributed by atoms with Gasteiger partial charge >= 0.3 is 33.3 Å². The molecular formula is C16H14Cl3CuN7. The van der Waals surface area contributed by atoms with E-state index in [9.17, 15) is 0 Å². The molecule has 0 aliphatic carbocycles. The number of aromatic nitrogens is 6. The van der Waals surface area contributed by atoms with Crippen molar-refractivity contribution in [3.63, 3.8) is 0 Å². The Bertz CT molecular complexity index is 840. The Balaban J connectivity index is 0.000000170.